The minimum absolute atomic E-state index is 0.0834. The van der Waals surface area contributed by atoms with Gasteiger partial charge in [-0.25, -0.2) is 4.39 Å². The van der Waals surface area contributed by atoms with Gasteiger partial charge in [-0.05, 0) is 55.9 Å². The van der Waals surface area contributed by atoms with Gasteiger partial charge in [0.15, 0.2) is 0 Å². The quantitative estimate of drug-likeness (QED) is 0.666. The summed E-state index contributed by atoms with van der Waals surface area (Å²) in [5, 5.41) is 0.0834. The lowest BCUT2D eigenvalue weighted by Gasteiger charge is -2.17. The Hall–Kier alpha value is -0.560. The number of benzene rings is 1. The minimum Gasteiger partial charge on any atom is -0.207 e. The smallest absolute Gasteiger partial charge is 0.127 e. The van der Waals surface area contributed by atoms with Crippen molar-refractivity contribution in [3.8, 4) is 0 Å². The molecule has 84 valence electrons. The number of alkyl halides is 1. The minimum atomic E-state index is -0.0997. The zero-order chi connectivity index (χ0) is 11.6. The molecule has 0 aliphatic heterocycles. The van der Waals surface area contributed by atoms with E-state index in [0.29, 0.717) is 0 Å². The Balaban J connectivity index is 3.03. The maximum atomic E-state index is 13.8. The van der Waals surface area contributed by atoms with Crippen molar-refractivity contribution >= 4 is 11.6 Å². The SMILES string of the molecule is Cc1cc(C)c(C(C)CC(C)Cl)c(F)c1. The maximum Gasteiger partial charge on any atom is 0.127 e. The van der Waals surface area contributed by atoms with Gasteiger partial charge in [0.2, 0.25) is 0 Å². The van der Waals surface area contributed by atoms with Gasteiger partial charge in [0.1, 0.15) is 5.82 Å². The molecule has 2 atom stereocenters. The Kier molecular flexibility index (Phi) is 4.15. The van der Waals surface area contributed by atoms with Crippen LogP contribution in [0.3, 0.4) is 0 Å². The second-order valence-electron chi connectivity index (χ2n) is 4.39. The third-order valence-corrected chi connectivity index (χ3v) is 2.83. The van der Waals surface area contributed by atoms with Crippen LogP contribution in [-0.2, 0) is 0 Å². The molecule has 0 saturated heterocycles. The van der Waals surface area contributed by atoms with Gasteiger partial charge in [-0.2, -0.15) is 0 Å². The first-order chi connectivity index (χ1) is 6.91. The maximum absolute atomic E-state index is 13.8. The van der Waals surface area contributed by atoms with Crippen molar-refractivity contribution in [1.82, 2.24) is 0 Å². The van der Waals surface area contributed by atoms with Crippen LogP contribution >= 0.6 is 11.6 Å². The third-order valence-electron chi connectivity index (χ3n) is 2.65. The number of halogens is 2. The van der Waals surface area contributed by atoms with Gasteiger partial charge in [0, 0.05) is 5.38 Å². The molecule has 0 nitrogen and oxygen atoms in total. The van der Waals surface area contributed by atoms with Gasteiger partial charge in [-0.3, -0.25) is 0 Å². The van der Waals surface area contributed by atoms with Gasteiger partial charge in [-0.15, -0.1) is 11.6 Å². The predicted molar refractivity (Wildman–Crippen MR) is 64.2 cm³/mol. The second-order valence-corrected chi connectivity index (χ2v) is 5.14. The van der Waals surface area contributed by atoms with Crippen molar-refractivity contribution in [1.29, 1.82) is 0 Å². The van der Waals surface area contributed by atoms with Gasteiger partial charge < -0.3 is 0 Å². The molecule has 0 spiro atoms. The van der Waals surface area contributed by atoms with E-state index >= 15 is 0 Å². The van der Waals surface area contributed by atoms with Gasteiger partial charge in [0.05, 0.1) is 0 Å². The van der Waals surface area contributed by atoms with Crippen LogP contribution in [0, 0.1) is 19.7 Å². The number of rotatable bonds is 3. The van der Waals surface area contributed by atoms with Gasteiger partial charge in [0.25, 0.3) is 0 Å². The molecule has 0 fully saturated rings. The van der Waals surface area contributed by atoms with Crippen LogP contribution in [0.25, 0.3) is 0 Å². The summed E-state index contributed by atoms with van der Waals surface area (Å²) in [6.07, 6.45) is 0.808. The summed E-state index contributed by atoms with van der Waals surface area (Å²) >= 11 is 5.94. The Morgan fingerprint density at radius 3 is 2.33 bits per heavy atom. The van der Waals surface area contributed by atoms with Crippen LogP contribution in [-0.4, -0.2) is 5.38 Å². The summed E-state index contributed by atoms with van der Waals surface area (Å²) in [6.45, 7) is 7.84. The van der Waals surface area contributed by atoms with Crippen LogP contribution in [0.2, 0.25) is 0 Å². The van der Waals surface area contributed by atoms with Gasteiger partial charge in [-0.1, -0.05) is 13.0 Å². The van der Waals surface area contributed by atoms with E-state index in [-0.39, 0.29) is 17.1 Å². The first-order valence-corrected chi connectivity index (χ1v) is 5.76. The van der Waals surface area contributed by atoms with E-state index in [9.17, 15) is 4.39 Å². The Morgan fingerprint density at radius 1 is 1.27 bits per heavy atom. The molecule has 0 bridgehead atoms. The summed E-state index contributed by atoms with van der Waals surface area (Å²) in [5.74, 6) is 0.0791. The molecule has 1 aromatic rings. The van der Waals surface area contributed by atoms with Crippen molar-refractivity contribution in [2.24, 2.45) is 0 Å². The summed E-state index contributed by atoms with van der Waals surface area (Å²) in [5.41, 5.74) is 2.81. The molecule has 0 saturated carbocycles. The molecular weight excluding hydrogens is 211 g/mol. The standard InChI is InChI=1S/C13H18ClF/c1-8-5-9(2)13(12(15)6-8)10(3)7-11(4)14/h5-6,10-11H,7H2,1-4H3. The second kappa shape index (κ2) is 4.98. The topological polar surface area (TPSA) is 0 Å². The molecule has 0 aliphatic rings. The lowest BCUT2D eigenvalue weighted by atomic mass is 9.91. The van der Waals surface area contributed by atoms with E-state index in [1.54, 1.807) is 6.07 Å². The van der Waals surface area contributed by atoms with E-state index < -0.39 is 0 Å². The summed E-state index contributed by atoms with van der Waals surface area (Å²) in [4.78, 5) is 0. The molecule has 1 rings (SSSR count). The van der Waals surface area contributed by atoms with Crippen LogP contribution in [0.15, 0.2) is 12.1 Å². The van der Waals surface area contributed by atoms with Crippen molar-refractivity contribution in [3.63, 3.8) is 0 Å². The first-order valence-electron chi connectivity index (χ1n) is 5.32. The van der Waals surface area contributed by atoms with E-state index in [1.807, 2.05) is 33.8 Å². The van der Waals surface area contributed by atoms with E-state index in [1.165, 1.54) is 0 Å². The fraction of sp³-hybridized carbons (Fsp3) is 0.538. The van der Waals surface area contributed by atoms with Crippen molar-refractivity contribution in [2.75, 3.05) is 0 Å². The highest BCUT2D eigenvalue weighted by Gasteiger charge is 2.15. The third kappa shape index (κ3) is 3.20. The molecule has 1 aromatic carbocycles. The van der Waals surface area contributed by atoms with Crippen molar-refractivity contribution in [2.45, 2.75) is 45.4 Å². The van der Waals surface area contributed by atoms with Crippen molar-refractivity contribution < 1.29 is 4.39 Å². The fourth-order valence-corrected chi connectivity index (χ4v) is 2.42. The first kappa shape index (κ1) is 12.5. The number of aryl methyl sites for hydroxylation is 2. The molecule has 0 N–H and O–H groups in total. The van der Waals surface area contributed by atoms with Crippen LogP contribution in [0.4, 0.5) is 4.39 Å². The van der Waals surface area contributed by atoms with Crippen LogP contribution in [0.5, 0.6) is 0 Å². The zero-order valence-corrected chi connectivity index (χ0v) is 10.5. The number of hydrogen-bond acceptors (Lipinski definition) is 0. The molecule has 0 aliphatic carbocycles. The summed E-state index contributed by atoms with van der Waals surface area (Å²) in [7, 11) is 0. The predicted octanol–water partition coefficient (Wildman–Crippen LogP) is 4.56. The molecular formula is C13H18ClF. The lowest BCUT2D eigenvalue weighted by Crippen LogP contribution is -2.05. The fourth-order valence-electron chi connectivity index (χ4n) is 2.16. The monoisotopic (exact) mass is 228 g/mol. The number of hydrogen-bond donors (Lipinski definition) is 0. The average molecular weight is 229 g/mol. The van der Waals surface area contributed by atoms with E-state index in [0.717, 1.165) is 23.1 Å². The van der Waals surface area contributed by atoms with E-state index in [4.69, 9.17) is 11.6 Å². The molecule has 2 heteroatoms. The molecule has 0 heterocycles. The van der Waals surface area contributed by atoms with Gasteiger partial charge >= 0.3 is 0 Å². The van der Waals surface area contributed by atoms with E-state index in [2.05, 4.69) is 0 Å². The highest BCUT2D eigenvalue weighted by Crippen LogP contribution is 2.28. The van der Waals surface area contributed by atoms with Crippen LogP contribution < -0.4 is 0 Å². The highest BCUT2D eigenvalue weighted by atomic mass is 35.5. The average Bonchev–Trinajstić information content (AvgIpc) is 1.99. The molecule has 2 unspecified atom stereocenters. The Labute approximate surface area is 96.5 Å². The van der Waals surface area contributed by atoms with Crippen LogP contribution in [0.1, 0.15) is 42.9 Å². The molecule has 0 amide bonds. The largest absolute Gasteiger partial charge is 0.207 e. The Morgan fingerprint density at radius 2 is 1.87 bits per heavy atom. The summed E-state index contributed by atoms with van der Waals surface area (Å²) < 4.78 is 13.8. The molecule has 0 radical (unpaired) electrons. The van der Waals surface area contributed by atoms with Crippen molar-refractivity contribution in [3.05, 3.63) is 34.6 Å². The summed E-state index contributed by atoms with van der Waals surface area (Å²) in [6, 6.07) is 3.62. The normalized spacial score (nSPS) is 15.1. The highest BCUT2D eigenvalue weighted by molar-refractivity contribution is 6.20. The zero-order valence-electron chi connectivity index (χ0n) is 9.77. The molecule has 15 heavy (non-hydrogen) atoms. The lowest BCUT2D eigenvalue weighted by molar-refractivity contribution is 0.568. The Bertz CT molecular complexity index is 321. The molecule has 0 aromatic heterocycles.